The van der Waals surface area contributed by atoms with E-state index in [1.165, 1.54) is 23.9 Å². The first-order valence-corrected chi connectivity index (χ1v) is 6.33. The standard InChI is InChI=1S/C15H13N3O3/c1-9-13(11-5-3-4-6-16-11)17-18-8-10(15(19)20)7-12(21-2)14(9)18/h3-8H,1-2H3,(H,19,20). The van der Waals surface area contributed by atoms with Crippen molar-refractivity contribution in [2.75, 3.05) is 7.11 Å². The van der Waals surface area contributed by atoms with E-state index in [0.717, 1.165) is 16.8 Å². The lowest BCUT2D eigenvalue weighted by Crippen LogP contribution is -2.01. The summed E-state index contributed by atoms with van der Waals surface area (Å²) in [6.45, 7) is 1.91. The number of rotatable bonds is 3. The number of carbonyl (C=O) groups is 1. The van der Waals surface area contributed by atoms with Crippen molar-refractivity contribution in [3.8, 4) is 17.1 Å². The Labute approximate surface area is 120 Å². The van der Waals surface area contributed by atoms with Gasteiger partial charge in [0, 0.05) is 18.0 Å². The van der Waals surface area contributed by atoms with E-state index in [0.29, 0.717) is 11.4 Å². The molecule has 0 fully saturated rings. The first-order chi connectivity index (χ1) is 10.1. The summed E-state index contributed by atoms with van der Waals surface area (Å²) in [7, 11) is 1.51. The zero-order valence-electron chi connectivity index (χ0n) is 11.6. The summed E-state index contributed by atoms with van der Waals surface area (Å²) in [6, 6.07) is 7.07. The van der Waals surface area contributed by atoms with Crippen LogP contribution in [0, 0.1) is 6.92 Å². The van der Waals surface area contributed by atoms with Gasteiger partial charge in [-0.05, 0) is 25.1 Å². The molecule has 3 aromatic heterocycles. The minimum absolute atomic E-state index is 0.120. The number of carboxylic acids is 1. The zero-order chi connectivity index (χ0) is 15.0. The molecule has 1 N–H and O–H groups in total. The molecule has 0 bridgehead atoms. The molecule has 6 nitrogen and oxygen atoms in total. The van der Waals surface area contributed by atoms with Crippen molar-refractivity contribution < 1.29 is 14.6 Å². The largest absolute Gasteiger partial charge is 0.494 e. The lowest BCUT2D eigenvalue weighted by atomic mass is 10.1. The van der Waals surface area contributed by atoms with E-state index < -0.39 is 5.97 Å². The third-order valence-electron chi connectivity index (χ3n) is 3.30. The van der Waals surface area contributed by atoms with Crippen LogP contribution in [0.1, 0.15) is 15.9 Å². The lowest BCUT2D eigenvalue weighted by Gasteiger charge is -2.05. The van der Waals surface area contributed by atoms with Gasteiger partial charge in [0.25, 0.3) is 0 Å². The van der Waals surface area contributed by atoms with Crippen LogP contribution in [-0.2, 0) is 0 Å². The fourth-order valence-corrected chi connectivity index (χ4v) is 2.31. The molecule has 6 heteroatoms. The van der Waals surface area contributed by atoms with Crippen molar-refractivity contribution in [1.82, 2.24) is 14.6 Å². The van der Waals surface area contributed by atoms with Gasteiger partial charge in [0.05, 0.1) is 18.4 Å². The van der Waals surface area contributed by atoms with Crippen LogP contribution in [0.15, 0.2) is 36.7 Å². The zero-order valence-corrected chi connectivity index (χ0v) is 11.6. The molecule has 0 aliphatic rings. The molecular formula is C15H13N3O3. The Morgan fingerprint density at radius 1 is 1.38 bits per heavy atom. The number of fused-ring (bicyclic) bond motifs is 1. The minimum atomic E-state index is -1.03. The Morgan fingerprint density at radius 2 is 2.19 bits per heavy atom. The maximum Gasteiger partial charge on any atom is 0.337 e. The number of pyridine rings is 2. The van der Waals surface area contributed by atoms with Crippen molar-refractivity contribution >= 4 is 11.5 Å². The number of aryl methyl sites for hydroxylation is 1. The Bertz CT molecular complexity index is 825. The molecule has 0 aliphatic carbocycles. The van der Waals surface area contributed by atoms with Gasteiger partial charge in [-0.1, -0.05) is 6.07 Å². The number of aromatic nitrogens is 3. The van der Waals surface area contributed by atoms with Crippen molar-refractivity contribution in [1.29, 1.82) is 0 Å². The highest BCUT2D eigenvalue weighted by atomic mass is 16.5. The summed E-state index contributed by atoms with van der Waals surface area (Å²) >= 11 is 0. The summed E-state index contributed by atoms with van der Waals surface area (Å²) in [4.78, 5) is 15.5. The SMILES string of the molecule is COc1cc(C(=O)O)cn2nc(-c3ccccn3)c(C)c12. The van der Waals surface area contributed by atoms with Crippen LogP contribution in [-0.4, -0.2) is 32.8 Å². The van der Waals surface area contributed by atoms with Crippen LogP contribution < -0.4 is 4.74 Å². The minimum Gasteiger partial charge on any atom is -0.494 e. The highest BCUT2D eigenvalue weighted by molar-refractivity contribution is 5.89. The Balaban J connectivity index is 2.31. The maximum atomic E-state index is 11.2. The number of hydrogen-bond donors (Lipinski definition) is 1. The summed E-state index contributed by atoms with van der Waals surface area (Å²) < 4.78 is 6.83. The van der Waals surface area contributed by atoms with E-state index in [2.05, 4.69) is 10.1 Å². The molecule has 3 aromatic rings. The van der Waals surface area contributed by atoms with E-state index in [1.54, 1.807) is 6.20 Å². The van der Waals surface area contributed by atoms with E-state index in [-0.39, 0.29) is 5.56 Å². The predicted octanol–water partition coefficient (Wildman–Crippen LogP) is 2.41. The van der Waals surface area contributed by atoms with Gasteiger partial charge in [-0.25, -0.2) is 9.31 Å². The fourth-order valence-electron chi connectivity index (χ4n) is 2.31. The second-order valence-electron chi connectivity index (χ2n) is 4.58. The number of methoxy groups -OCH3 is 1. The number of hydrogen-bond acceptors (Lipinski definition) is 4. The van der Waals surface area contributed by atoms with Gasteiger partial charge >= 0.3 is 5.97 Å². The van der Waals surface area contributed by atoms with E-state index in [4.69, 9.17) is 9.84 Å². The normalized spacial score (nSPS) is 10.8. The first-order valence-electron chi connectivity index (χ1n) is 6.33. The monoisotopic (exact) mass is 283 g/mol. The molecule has 106 valence electrons. The second-order valence-corrected chi connectivity index (χ2v) is 4.58. The summed E-state index contributed by atoms with van der Waals surface area (Å²) in [5.74, 6) is -0.551. The highest BCUT2D eigenvalue weighted by Gasteiger charge is 2.18. The van der Waals surface area contributed by atoms with Crippen molar-refractivity contribution in [2.45, 2.75) is 6.92 Å². The van der Waals surface area contributed by atoms with Gasteiger partial charge in [-0.15, -0.1) is 0 Å². The van der Waals surface area contributed by atoms with Crippen LogP contribution in [0.4, 0.5) is 0 Å². The molecule has 3 heterocycles. The van der Waals surface area contributed by atoms with Crippen LogP contribution in [0.3, 0.4) is 0 Å². The van der Waals surface area contributed by atoms with Crippen molar-refractivity contribution in [2.24, 2.45) is 0 Å². The van der Waals surface area contributed by atoms with Crippen LogP contribution >= 0.6 is 0 Å². The number of nitrogens with zero attached hydrogens (tertiary/aromatic N) is 3. The number of aromatic carboxylic acids is 1. The van der Waals surface area contributed by atoms with Crippen LogP contribution in [0.25, 0.3) is 16.9 Å². The second kappa shape index (κ2) is 4.90. The average molecular weight is 283 g/mol. The van der Waals surface area contributed by atoms with Crippen molar-refractivity contribution in [3.63, 3.8) is 0 Å². The molecule has 3 rings (SSSR count). The Hall–Kier alpha value is -2.89. The van der Waals surface area contributed by atoms with Crippen molar-refractivity contribution in [3.05, 3.63) is 47.8 Å². The van der Waals surface area contributed by atoms with E-state index in [9.17, 15) is 4.79 Å². The smallest absolute Gasteiger partial charge is 0.337 e. The molecule has 0 unspecified atom stereocenters. The topological polar surface area (TPSA) is 76.7 Å². The maximum absolute atomic E-state index is 11.2. The fraction of sp³-hybridized carbons (Fsp3) is 0.133. The third-order valence-corrected chi connectivity index (χ3v) is 3.30. The molecule has 21 heavy (non-hydrogen) atoms. The summed E-state index contributed by atoms with van der Waals surface area (Å²) in [6.07, 6.45) is 3.17. The molecule has 0 spiro atoms. The van der Waals surface area contributed by atoms with Gasteiger partial charge in [-0.2, -0.15) is 5.10 Å². The molecule has 0 amide bonds. The summed E-state index contributed by atoms with van der Waals surface area (Å²) in [5, 5.41) is 13.6. The van der Waals surface area contributed by atoms with E-state index in [1.807, 2.05) is 25.1 Å². The number of ether oxygens (including phenoxy) is 1. The molecule has 0 aromatic carbocycles. The van der Waals surface area contributed by atoms with Gasteiger partial charge in [0.15, 0.2) is 0 Å². The third kappa shape index (κ3) is 2.10. The predicted molar refractivity (Wildman–Crippen MR) is 76.7 cm³/mol. The molecular weight excluding hydrogens is 270 g/mol. The average Bonchev–Trinajstić information content (AvgIpc) is 2.84. The first kappa shape index (κ1) is 13.1. The van der Waals surface area contributed by atoms with Gasteiger partial charge < -0.3 is 9.84 Å². The van der Waals surface area contributed by atoms with Gasteiger partial charge in [-0.3, -0.25) is 4.98 Å². The summed E-state index contributed by atoms with van der Waals surface area (Å²) in [5.41, 5.74) is 3.19. The molecule has 0 saturated carbocycles. The molecule has 0 aliphatic heterocycles. The van der Waals surface area contributed by atoms with Gasteiger partial charge in [0.2, 0.25) is 0 Å². The molecule has 0 atom stereocenters. The lowest BCUT2D eigenvalue weighted by molar-refractivity contribution is 0.0696. The Morgan fingerprint density at radius 3 is 2.81 bits per heavy atom. The quantitative estimate of drug-likeness (QED) is 0.798. The van der Waals surface area contributed by atoms with Gasteiger partial charge in [0.1, 0.15) is 17.0 Å². The molecule has 0 saturated heterocycles. The van der Waals surface area contributed by atoms with Crippen LogP contribution in [0.5, 0.6) is 5.75 Å². The van der Waals surface area contributed by atoms with E-state index >= 15 is 0 Å². The Kier molecular flexibility index (Phi) is 3.06. The highest BCUT2D eigenvalue weighted by Crippen LogP contribution is 2.30. The molecule has 0 radical (unpaired) electrons. The number of carboxylic acid groups (broad SMARTS) is 1. The van der Waals surface area contributed by atoms with Crippen LogP contribution in [0.2, 0.25) is 0 Å².